The maximum Gasteiger partial charge on any atom is 0.293 e. The molecule has 22 heavy (non-hydrogen) atoms. The molecule has 0 radical (unpaired) electrons. The third kappa shape index (κ3) is 2.95. The third-order valence-electron chi connectivity index (χ3n) is 3.25. The van der Waals surface area contributed by atoms with Crippen molar-refractivity contribution in [1.29, 1.82) is 0 Å². The van der Waals surface area contributed by atoms with E-state index in [4.69, 9.17) is 4.52 Å². The number of anilines is 1. The van der Waals surface area contributed by atoms with Gasteiger partial charge in [0.1, 0.15) is 17.6 Å². The highest BCUT2D eigenvalue weighted by molar-refractivity contribution is 5.71. The average Bonchev–Trinajstić information content (AvgIpc) is 3.08. The van der Waals surface area contributed by atoms with Crippen LogP contribution in [0.3, 0.4) is 0 Å². The topological polar surface area (TPSA) is 81.2 Å². The molecule has 1 aromatic heterocycles. The highest BCUT2D eigenvalue weighted by Crippen LogP contribution is 2.30. The lowest BCUT2D eigenvalue weighted by Crippen LogP contribution is -2.02. The minimum Gasteiger partial charge on any atom is -0.375 e. The van der Waals surface area contributed by atoms with E-state index in [0.29, 0.717) is 23.5 Å². The molecule has 0 bridgehead atoms. The summed E-state index contributed by atoms with van der Waals surface area (Å²) in [6.07, 6.45) is 1.43. The van der Waals surface area contributed by atoms with Crippen LogP contribution in [-0.2, 0) is 6.54 Å². The maximum atomic E-state index is 11.3. The standard InChI is InChI=1S/C16H13N3O3/c20-19(21)16-10-13(14-8-9-22-18-14)6-7-15(16)17-11-12-4-2-1-3-5-12/h1-10,17H,11H2. The van der Waals surface area contributed by atoms with Crippen LogP contribution in [-0.4, -0.2) is 10.1 Å². The number of nitro groups is 1. The Labute approximate surface area is 126 Å². The molecule has 0 saturated carbocycles. The van der Waals surface area contributed by atoms with Gasteiger partial charge in [-0.15, -0.1) is 0 Å². The number of nitro benzene ring substituents is 1. The van der Waals surface area contributed by atoms with Crippen LogP contribution in [0.25, 0.3) is 11.3 Å². The van der Waals surface area contributed by atoms with E-state index in [1.165, 1.54) is 12.3 Å². The first-order valence-corrected chi connectivity index (χ1v) is 6.71. The van der Waals surface area contributed by atoms with Crippen LogP contribution in [0.1, 0.15) is 5.56 Å². The SMILES string of the molecule is O=[N+]([O-])c1cc(-c2ccon2)ccc1NCc1ccccc1. The molecule has 1 heterocycles. The number of hydrogen-bond donors (Lipinski definition) is 1. The quantitative estimate of drug-likeness (QED) is 0.571. The summed E-state index contributed by atoms with van der Waals surface area (Å²) in [5.74, 6) is 0. The Morgan fingerprint density at radius 3 is 2.64 bits per heavy atom. The molecule has 0 unspecified atom stereocenters. The lowest BCUT2D eigenvalue weighted by Gasteiger charge is -2.08. The van der Waals surface area contributed by atoms with E-state index < -0.39 is 4.92 Å². The average molecular weight is 295 g/mol. The van der Waals surface area contributed by atoms with E-state index in [9.17, 15) is 10.1 Å². The Morgan fingerprint density at radius 2 is 1.95 bits per heavy atom. The zero-order chi connectivity index (χ0) is 15.4. The van der Waals surface area contributed by atoms with Gasteiger partial charge in [-0.1, -0.05) is 41.6 Å². The van der Waals surface area contributed by atoms with Crippen LogP contribution in [0.4, 0.5) is 11.4 Å². The molecule has 0 aliphatic carbocycles. The fourth-order valence-corrected chi connectivity index (χ4v) is 2.15. The summed E-state index contributed by atoms with van der Waals surface area (Å²) in [5.41, 5.74) is 2.75. The van der Waals surface area contributed by atoms with E-state index >= 15 is 0 Å². The predicted octanol–water partition coefficient (Wildman–Crippen LogP) is 3.86. The zero-order valence-corrected chi connectivity index (χ0v) is 11.6. The smallest absolute Gasteiger partial charge is 0.293 e. The van der Waals surface area contributed by atoms with Gasteiger partial charge in [-0.05, 0) is 11.6 Å². The first kappa shape index (κ1) is 13.8. The Kier molecular flexibility index (Phi) is 3.82. The third-order valence-corrected chi connectivity index (χ3v) is 3.25. The van der Waals surface area contributed by atoms with Crippen molar-refractivity contribution in [1.82, 2.24) is 5.16 Å². The number of benzene rings is 2. The van der Waals surface area contributed by atoms with Crippen molar-refractivity contribution in [2.24, 2.45) is 0 Å². The molecule has 0 saturated heterocycles. The largest absolute Gasteiger partial charge is 0.375 e. The van der Waals surface area contributed by atoms with Gasteiger partial charge in [0.2, 0.25) is 0 Å². The van der Waals surface area contributed by atoms with Gasteiger partial charge in [0.05, 0.1) is 4.92 Å². The minimum absolute atomic E-state index is 0.0106. The van der Waals surface area contributed by atoms with Crippen LogP contribution in [0.15, 0.2) is 65.4 Å². The summed E-state index contributed by atoms with van der Waals surface area (Å²) < 4.78 is 4.77. The maximum absolute atomic E-state index is 11.3. The van der Waals surface area contributed by atoms with Crippen LogP contribution in [0.5, 0.6) is 0 Å². The predicted molar refractivity (Wildman–Crippen MR) is 82.4 cm³/mol. The van der Waals surface area contributed by atoms with Crippen molar-refractivity contribution in [3.05, 3.63) is 76.5 Å². The number of nitrogens with zero attached hydrogens (tertiary/aromatic N) is 2. The fourth-order valence-electron chi connectivity index (χ4n) is 2.15. The molecule has 3 rings (SSSR count). The second-order valence-electron chi connectivity index (χ2n) is 4.71. The molecular weight excluding hydrogens is 282 g/mol. The molecule has 6 nitrogen and oxygen atoms in total. The molecule has 0 aliphatic rings. The monoisotopic (exact) mass is 295 g/mol. The second-order valence-corrected chi connectivity index (χ2v) is 4.71. The minimum atomic E-state index is -0.406. The molecular formula is C16H13N3O3. The number of hydrogen-bond acceptors (Lipinski definition) is 5. The summed E-state index contributed by atoms with van der Waals surface area (Å²) in [7, 11) is 0. The van der Waals surface area contributed by atoms with Crippen molar-refractivity contribution in [2.75, 3.05) is 5.32 Å². The van der Waals surface area contributed by atoms with Crippen LogP contribution >= 0.6 is 0 Å². The van der Waals surface area contributed by atoms with Crippen LogP contribution in [0.2, 0.25) is 0 Å². The van der Waals surface area contributed by atoms with E-state index in [1.807, 2.05) is 30.3 Å². The highest BCUT2D eigenvalue weighted by atomic mass is 16.6. The Hall–Kier alpha value is -3.15. The fraction of sp³-hybridized carbons (Fsp3) is 0.0625. The number of rotatable bonds is 5. The molecule has 0 aliphatic heterocycles. The number of nitrogens with one attached hydrogen (secondary N) is 1. The van der Waals surface area contributed by atoms with E-state index in [0.717, 1.165) is 5.56 Å². The summed E-state index contributed by atoms with van der Waals surface area (Å²) in [5, 5.41) is 18.2. The second kappa shape index (κ2) is 6.09. The van der Waals surface area contributed by atoms with Gasteiger partial charge in [0.15, 0.2) is 0 Å². The van der Waals surface area contributed by atoms with Gasteiger partial charge in [0.25, 0.3) is 5.69 Å². The summed E-state index contributed by atoms with van der Waals surface area (Å²) in [6, 6.07) is 16.3. The van der Waals surface area contributed by atoms with Crippen LogP contribution in [0, 0.1) is 10.1 Å². The molecule has 0 fully saturated rings. The molecule has 2 aromatic carbocycles. The van der Waals surface area contributed by atoms with E-state index in [-0.39, 0.29) is 5.69 Å². The van der Waals surface area contributed by atoms with Gasteiger partial charge >= 0.3 is 0 Å². The van der Waals surface area contributed by atoms with Crippen LogP contribution < -0.4 is 5.32 Å². The molecule has 110 valence electrons. The molecule has 0 amide bonds. The van der Waals surface area contributed by atoms with Gasteiger partial charge in [-0.2, -0.15) is 0 Å². The van der Waals surface area contributed by atoms with Gasteiger partial charge < -0.3 is 9.84 Å². The number of aromatic nitrogens is 1. The highest BCUT2D eigenvalue weighted by Gasteiger charge is 2.16. The molecule has 0 atom stereocenters. The first-order chi connectivity index (χ1) is 10.7. The summed E-state index contributed by atoms with van der Waals surface area (Å²) in [6.45, 7) is 0.519. The molecule has 6 heteroatoms. The first-order valence-electron chi connectivity index (χ1n) is 6.71. The Balaban J connectivity index is 1.86. The lowest BCUT2D eigenvalue weighted by atomic mass is 10.1. The molecule has 0 spiro atoms. The normalized spacial score (nSPS) is 10.4. The van der Waals surface area contributed by atoms with Crippen molar-refractivity contribution < 1.29 is 9.45 Å². The molecule has 3 aromatic rings. The van der Waals surface area contributed by atoms with Gasteiger partial charge in [0, 0.05) is 24.2 Å². The summed E-state index contributed by atoms with van der Waals surface area (Å²) >= 11 is 0. The van der Waals surface area contributed by atoms with Crippen molar-refractivity contribution >= 4 is 11.4 Å². The van der Waals surface area contributed by atoms with Crippen molar-refractivity contribution in [3.8, 4) is 11.3 Å². The zero-order valence-electron chi connectivity index (χ0n) is 11.6. The summed E-state index contributed by atoms with van der Waals surface area (Å²) in [4.78, 5) is 10.9. The lowest BCUT2D eigenvalue weighted by molar-refractivity contribution is -0.383. The van der Waals surface area contributed by atoms with E-state index in [1.54, 1.807) is 18.2 Å². The van der Waals surface area contributed by atoms with Crippen molar-refractivity contribution in [3.63, 3.8) is 0 Å². The Bertz CT molecular complexity index is 771. The van der Waals surface area contributed by atoms with E-state index in [2.05, 4.69) is 10.5 Å². The molecule has 1 N–H and O–H groups in total. The van der Waals surface area contributed by atoms with Gasteiger partial charge in [-0.25, -0.2) is 0 Å². The van der Waals surface area contributed by atoms with Crippen molar-refractivity contribution in [2.45, 2.75) is 6.54 Å². The Morgan fingerprint density at radius 1 is 1.14 bits per heavy atom. The van der Waals surface area contributed by atoms with Gasteiger partial charge in [-0.3, -0.25) is 10.1 Å².